The third kappa shape index (κ3) is 5.13. The number of amides is 1. The molecule has 0 aliphatic heterocycles. The highest BCUT2D eigenvalue weighted by Crippen LogP contribution is 2.30. The Labute approximate surface area is 156 Å². The number of ether oxygens (including phenoxy) is 3. The summed E-state index contributed by atoms with van der Waals surface area (Å²) in [6.07, 6.45) is 0. The Morgan fingerprint density at radius 3 is 2.40 bits per heavy atom. The zero-order valence-corrected chi connectivity index (χ0v) is 16.3. The summed E-state index contributed by atoms with van der Waals surface area (Å²) in [5.74, 6) is 1.94. The molecule has 0 aliphatic carbocycles. The molecular weight excluding hydrogens is 386 g/mol. The second-order valence-corrected chi connectivity index (χ2v) is 6.60. The molecule has 2 aromatic carbocycles. The van der Waals surface area contributed by atoms with E-state index in [2.05, 4.69) is 35.1 Å². The lowest BCUT2D eigenvalue weighted by molar-refractivity contribution is -0.118. The van der Waals surface area contributed by atoms with Crippen LogP contribution >= 0.6 is 15.9 Å². The quantitative estimate of drug-likeness (QED) is 0.727. The first kappa shape index (κ1) is 19.1. The number of carbonyl (C=O) groups excluding carboxylic acids is 1. The van der Waals surface area contributed by atoms with E-state index in [-0.39, 0.29) is 12.5 Å². The van der Waals surface area contributed by atoms with Gasteiger partial charge in [-0.3, -0.25) is 4.79 Å². The first-order valence-corrected chi connectivity index (χ1v) is 8.68. The van der Waals surface area contributed by atoms with E-state index >= 15 is 0 Å². The Hall–Kier alpha value is -2.21. The molecule has 0 aliphatic rings. The Kier molecular flexibility index (Phi) is 6.70. The van der Waals surface area contributed by atoms with Crippen LogP contribution in [0.3, 0.4) is 0 Å². The highest BCUT2D eigenvalue weighted by atomic mass is 79.9. The van der Waals surface area contributed by atoms with Gasteiger partial charge in [-0.05, 0) is 51.7 Å². The number of benzene rings is 2. The van der Waals surface area contributed by atoms with Crippen molar-refractivity contribution in [3.8, 4) is 17.2 Å². The third-order valence-electron chi connectivity index (χ3n) is 3.66. The number of anilines is 1. The summed E-state index contributed by atoms with van der Waals surface area (Å²) >= 11 is 3.48. The van der Waals surface area contributed by atoms with E-state index in [1.165, 1.54) is 5.56 Å². The summed E-state index contributed by atoms with van der Waals surface area (Å²) in [6, 6.07) is 11.1. The van der Waals surface area contributed by atoms with Crippen LogP contribution in [0.5, 0.6) is 17.2 Å². The van der Waals surface area contributed by atoms with E-state index in [0.29, 0.717) is 28.9 Å². The van der Waals surface area contributed by atoms with Crippen LogP contribution in [-0.4, -0.2) is 26.7 Å². The van der Waals surface area contributed by atoms with Gasteiger partial charge in [-0.25, -0.2) is 0 Å². The summed E-state index contributed by atoms with van der Waals surface area (Å²) in [6.45, 7) is 4.13. The van der Waals surface area contributed by atoms with E-state index in [1.54, 1.807) is 32.4 Å². The molecule has 0 radical (unpaired) electrons. The van der Waals surface area contributed by atoms with Crippen molar-refractivity contribution < 1.29 is 19.0 Å². The van der Waals surface area contributed by atoms with Crippen molar-refractivity contribution in [1.82, 2.24) is 0 Å². The topological polar surface area (TPSA) is 56.8 Å². The van der Waals surface area contributed by atoms with Crippen LogP contribution in [0.15, 0.2) is 40.9 Å². The second-order valence-electron chi connectivity index (χ2n) is 5.75. The Bertz CT molecular complexity index is 746. The highest BCUT2D eigenvalue weighted by Gasteiger charge is 2.11. The lowest BCUT2D eigenvalue weighted by Gasteiger charge is -2.13. The lowest BCUT2D eigenvalue weighted by atomic mass is 10.0. The monoisotopic (exact) mass is 407 g/mol. The maximum Gasteiger partial charge on any atom is 0.262 e. The maximum atomic E-state index is 12.2. The summed E-state index contributed by atoms with van der Waals surface area (Å²) in [7, 11) is 3.11. The number of halogens is 1. The first-order valence-electron chi connectivity index (χ1n) is 7.88. The molecule has 0 saturated carbocycles. The number of nitrogens with one attached hydrogen (secondary N) is 1. The van der Waals surface area contributed by atoms with Crippen LogP contribution < -0.4 is 19.5 Å². The number of hydrogen-bond donors (Lipinski definition) is 1. The number of methoxy groups -OCH3 is 2. The molecule has 1 N–H and O–H groups in total. The third-order valence-corrected chi connectivity index (χ3v) is 4.28. The predicted molar refractivity (Wildman–Crippen MR) is 102 cm³/mol. The van der Waals surface area contributed by atoms with Crippen LogP contribution in [0.2, 0.25) is 0 Å². The lowest BCUT2D eigenvalue weighted by Crippen LogP contribution is -2.20. The van der Waals surface area contributed by atoms with Crippen LogP contribution in [0.4, 0.5) is 5.69 Å². The van der Waals surface area contributed by atoms with Crippen molar-refractivity contribution in [2.75, 3.05) is 26.1 Å². The molecule has 6 heteroatoms. The van der Waals surface area contributed by atoms with Crippen molar-refractivity contribution in [3.63, 3.8) is 0 Å². The number of rotatable bonds is 7. The fourth-order valence-corrected chi connectivity index (χ4v) is 2.75. The van der Waals surface area contributed by atoms with Crippen molar-refractivity contribution in [1.29, 1.82) is 0 Å². The predicted octanol–water partition coefficient (Wildman–Crippen LogP) is 4.61. The number of carbonyl (C=O) groups is 1. The molecular formula is C19H22BrNO4. The van der Waals surface area contributed by atoms with Gasteiger partial charge in [0.2, 0.25) is 0 Å². The summed E-state index contributed by atoms with van der Waals surface area (Å²) in [4.78, 5) is 12.2. The molecule has 134 valence electrons. The molecule has 0 bridgehead atoms. The van der Waals surface area contributed by atoms with E-state index in [9.17, 15) is 4.79 Å². The average molecular weight is 408 g/mol. The highest BCUT2D eigenvalue weighted by molar-refractivity contribution is 9.10. The molecule has 25 heavy (non-hydrogen) atoms. The van der Waals surface area contributed by atoms with Crippen LogP contribution in [0, 0.1) is 0 Å². The van der Waals surface area contributed by atoms with Gasteiger partial charge in [0, 0.05) is 6.07 Å². The van der Waals surface area contributed by atoms with Crippen LogP contribution in [0.1, 0.15) is 25.3 Å². The fraction of sp³-hybridized carbons (Fsp3) is 0.316. The summed E-state index contributed by atoms with van der Waals surface area (Å²) in [5, 5.41) is 2.77. The molecule has 0 fully saturated rings. The number of hydrogen-bond acceptors (Lipinski definition) is 4. The van der Waals surface area contributed by atoms with Crippen molar-refractivity contribution in [3.05, 3.63) is 46.4 Å². The second kappa shape index (κ2) is 8.76. The van der Waals surface area contributed by atoms with E-state index in [0.717, 1.165) is 4.47 Å². The van der Waals surface area contributed by atoms with E-state index in [1.807, 2.05) is 18.2 Å². The molecule has 0 aromatic heterocycles. The van der Waals surface area contributed by atoms with Gasteiger partial charge in [-0.15, -0.1) is 0 Å². The molecule has 2 aromatic rings. The van der Waals surface area contributed by atoms with Crippen molar-refractivity contribution in [2.45, 2.75) is 19.8 Å². The first-order chi connectivity index (χ1) is 11.9. The van der Waals surface area contributed by atoms with Gasteiger partial charge in [0.05, 0.1) is 24.4 Å². The minimum Gasteiger partial charge on any atom is -0.497 e. The van der Waals surface area contributed by atoms with E-state index < -0.39 is 0 Å². The molecule has 0 unspecified atom stereocenters. The van der Waals surface area contributed by atoms with Gasteiger partial charge in [-0.1, -0.05) is 19.9 Å². The van der Waals surface area contributed by atoms with Gasteiger partial charge in [0.15, 0.2) is 6.61 Å². The molecule has 0 heterocycles. The molecule has 2 rings (SSSR count). The zero-order valence-electron chi connectivity index (χ0n) is 14.8. The molecule has 0 spiro atoms. The minimum atomic E-state index is -0.286. The molecule has 1 amide bonds. The Morgan fingerprint density at radius 1 is 1.08 bits per heavy atom. The fourth-order valence-electron chi connectivity index (χ4n) is 2.23. The Morgan fingerprint density at radius 2 is 1.80 bits per heavy atom. The van der Waals surface area contributed by atoms with Crippen LogP contribution in [0.25, 0.3) is 0 Å². The standard InChI is InChI=1S/C19H22BrNO4/c1-12(2)13-5-7-17(15(20)9-13)25-11-19(22)21-16-10-14(23-3)6-8-18(16)24-4/h5-10,12H,11H2,1-4H3,(H,21,22). The largest absolute Gasteiger partial charge is 0.497 e. The van der Waals surface area contributed by atoms with Gasteiger partial charge >= 0.3 is 0 Å². The van der Waals surface area contributed by atoms with Crippen molar-refractivity contribution >= 4 is 27.5 Å². The van der Waals surface area contributed by atoms with Crippen LogP contribution in [-0.2, 0) is 4.79 Å². The molecule has 5 nitrogen and oxygen atoms in total. The SMILES string of the molecule is COc1ccc(OC)c(NC(=O)COc2ccc(C(C)C)cc2Br)c1. The van der Waals surface area contributed by atoms with Gasteiger partial charge in [0.1, 0.15) is 17.2 Å². The summed E-state index contributed by atoms with van der Waals surface area (Å²) in [5.41, 5.74) is 1.73. The minimum absolute atomic E-state index is 0.111. The normalized spacial score (nSPS) is 10.5. The van der Waals surface area contributed by atoms with Gasteiger partial charge in [-0.2, -0.15) is 0 Å². The average Bonchev–Trinajstić information content (AvgIpc) is 2.60. The zero-order chi connectivity index (χ0) is 18.4. The smallest absolute Gasteiger partial charge is 0.262 e. The molecule has 0 atom stereocenters. The maximum absolute atomic E-state index is 12.2. The summed E-state index contributed by atoms with van der Waals surface area (Å²) < 4.78 is 16.8. The van der Waals surface area contributed by atoms with Crippen molar-refractivity contribution in [2.24, 2.45) is 0 Å². The van der Waals surface area contributed by atoms with Gasteiger partial charge < -0.3 is 19.5 Å². The Balaban J connectivity index is 2.02. The molecule has 0 saturated heterocycles. The van der Waals surface area contributed by atoms with E-state index in [4.69, 9.17) is 14.2 Å². The van der Waals surface area contributed by atoms with Gasteiger partial charge in [0.25, 0.3) is 5.91 Å².